The molecule has 1 unspecified atom stereocenters. The fraction of sp³-hybridized carbons (Fsp3) is 0.217. The number of halogens is 2. The summed E-state index contributed by atoms with van der Waals surface area (Å²) in [6.07, 6.45) is 1.56. The van der Waals surface area contributed by atoms with Gasteiger partial charge in [-0.2, -0.15) is 0 Å². The number of fused-ring (bicyclic) bond motifs is 1. The predicted molar refractivity (Wildman–Crippen MR) is 124 cm³/mol. The Bertz CT molecular complexity index is 1310. The van der Waals surface area contributed by atoms with E-state index in [9.17, 15) is 17.6 Å². The maximum Gasteiger partial charge on any atom is 0.264 e. The Morgan fingerprint density at radius 3 is 2.76 bits per heavy atom. The Balaban J connectivity index is 1.72. The maximum atomic E-state index is 14.1. The molecule has 0 saturated heterocycles. The average Bonchev–Trinajstić information content (AvgIpc) is 2.78. The molecule has 0 bridgehead atoms. The molecule has 1 aromatic heterocycles. The molecule has 3 aromatic rings. The Morgan fingerprint density at radius 2 is 2.03 bits per heavy atom. The normalized spacial score (nSPS) is 15.5. The van der Waals surface area contributed by atoms with Gasteiger partial charge in [-0.3, -0.25) is 9.10 Å². The number of amides is 1. The molecule has 1 aliphatic heterocycles. The average molecular weight is 490 g/mol. The number of aromatic nitrogens is 1. The number of benzene rings is 2. The summed E-state index contributed by atoms with van der Waals surface area (Å²) in [6.45, 7) is 3.74. The van der Waals surface area contributed by atoms with Crippen molar-refractivity contribution in [2.75, 3.05) is 16.2 Å². The van der Waals surface area contributed by atoms with Gasteiger partial charge in [-0.15, -0.1) is 0 Å². The lowest BCUT2D eigenvalue weighted by molar-refractivity contribution is 0.102. The van der Waals surface area contributed by atoms with E-state index in [2.05, 4.69) is 10.3 Å². The van der Waals surface area contributed by atoms with Crippen molar-refractivity contribution in [2.45, 2.75) is 31.3 Å². The zero-order chi connectivity index (χ0) is 23.8. The highest BCUT2D eigenvalue weighted by molar-refractivity contribution is 7.92. The molecular formula is C23H21ClFN3O4S. The van der Waals surface area contributed by atoms with Crippen molar-refractivity contribution in [2.24, 2.45) is 0 Å². The van der Waals surface area contributed by atoms with E-state index in [-0.39, 0.29) is 39.3 Å². The molecule has 7 nitrogen and oxygen atoms in total. The Labute approximate surface area is 196 Å². The summed E-state index contributed by atoms with van der Waals surface area (Å²) in [5, 5.41) is 2.48. The third kappa shape index (κ3) is 4.51. The van der Waals surface area contributed by atoms with Crippen LogP contribution in [0.2, 0.25) is 5.02 Å². The smallest absolute Gasteiger partial charge is 0.264 e. The number of ether oxygens (including phenoxy) is 1. The summed E-state index contributed by atoms with van der Waals surface area (Å²) in [7, 11) is -3.93. The van der Waals surface area contributed by atoms with Gasteiger partial charge in [0.1, 0.15) is 17.6 Å². The second-order valence-corrected chi connectivity index (χ2v) is 9.83. The Kier molecular flexibility index (Phi) is 6.27. The highest BCUT2D eigenvalue weighted by Gasteiger charge is 2.34. The van der Waals surface area contributed by atoms with Crippen LogP contribution in [0.5, 0.6) is 5.88 Å². The summed E-state index contributed by atoms with van der Waals surface area (Å²) >= 11 is 5.97. The standard InChI is InChI=1S/C23H21ClFN3O4S/c1-3-15-6-4-7-17(10-15)33(30,31)28-13-14(2)32-23-20(28)11-16(12-26-23)27-22(29)21-18(24)8-5-9-19(21)25/h4-12,14H,3,13H2,1-2H3,(H,27,29). The minimum Gasteiger partial charge on any atom is -0.471 e. The molecule has 0 fully saturated rings. The van der Waals surface area contributed by atoms with Crippen LogP contribution in [0.1, 0.15) is 29.8 Å². The lowest BCUT2D eigenvalue weighted by Crippen LogP contribution is -2.42. The van der Waals surface area contributed by atoms with Gasteiger partial charge in [-0.25, -0.2) is 17.8 Å². The van der Waals surface area contributed by atoms with Gasteiger partial charge in [0.05, 0.1) is 33.9 Å². The molecule has 10 heteroatoms. The van der Waals surface area contributed by atoms with Gasteiger partial charge in [-0.1, -0.05) is 36.7 Å². The number of anilines is 2. The lowest BCUT2D eigenvalue weighted by atomic mass is 10.2. The van der Waals surface area contributed by atoms with Crippen LogP contribution < -0.4 is 14.4 Å². The minimum absolute atomic E-state index is 0.0458. The first-order valence-electron chi connectivity index (χ1n) is 10.2. The number of sulfonamides is 1. The van der Waals surface area contributed by atoms with E-state index in [0.29, 0.717) is 6.42 Å². The number of pyridine rings is 1. The molecule has 1 atom stereocenters. The molecule has 0 spiro atoms. The number of hydrogen-bond acceptors (Lipinski definition) is 5. The highest BCUT2D eigenvalue weighted by atomic mass is 35.5. The van der Waals surface area contributed by atoms with Crippen LogP contribution in [0, 0.1) is 5.82 Å². The molecule has 0 radical (unpaired) electrons. The molecule has 1 aliphatic rings. The zero-order valence-electron chi connectivity index (χ0n) is 17.9. The summed E-state index contributed by atoms with van der Waals surface area (Å²) in [5.41, 5.74) is 0.910. The van der Waals surface area contributed by atoms with Crippen molar-refractivity contribution in [1.82, 2.24) is 4.98 Å². The Morgan fingerprint density at radius 1 is 1.27 bits per heavy atom. The van der Waals surface area contributed by atoms with E-state index in [1.165, 1.54) is 34.8 Å². The quantitative estimate of drug-likeness (QED) is 0.563. The Hall–Kier alpha value is -3.17. The third-order valence-electron chi connectivity index (χ3n) is 5.18. The van der Waals surface area contributed by atoms with Crippen LogP contribution >= 0.6 is 11.6 Å². The van der Waals surface area contributed by atoms with E-state index in [1.807, 2.05) is 13.0 Å². The fourth-order valence-corrected chi connectivity index (χ4v) is 5.38. The number of nitrogens with one attached hydrogen (secondary N) is 1. The van der Waals surface area contributed by atoms with Gasteiger partial charge in [0.25, 0.3) is 15.9 Å². The molecule has 1 amide bonds. The van der Waals surface area contributed by atoms with Crippen molar-refractivity contribution in [1.29, 1.82) is 0 Å². The van der Waals surface area contributed by atoms with Crippen molar-refractivity contribution < 1.29 is 22.3 Å². The van der Waals surface area contributed by atoms with Crippen LogP contribution in [0.15, 0.2) is 59.6 Å². The van der Waals surface area contributed by atoms with E-state index in [4.69, 9.17) is 16.3 Å². The maximum absolute atomic E-state index is 14.1. The summed E-state index contributed by atoms with van der Waals surface area (Å²) < 4.78 is 48.0. The highest BCUT2D eigenvalue weighted by Crippen LogP contribution is 2.37. The monoisotopic (exact) mass is 489 g/mol. The van der Waals surface area contributed by atoms with Crippen LogP contribution in [0.4, 0.5) is 15.8 Å². The van der Waals surface area contributed by atoms with Gasteiger partial charge in [0.15, 0.2) is 0 Å². The molecule has 2 aromatic carbocycles. The van der Waals surface area contributed by atoms with Gasteiger partial charge in [0.2, 0.25) is 5.88 Å². The molecule has 4 rings (SSSR count). The summed E-state index contributed by atoms with van der Waals surface area (Å²) in [5.74, 6) is -1.44. The van der Waals surface area contributed by atoms with Crippen molar-refractivity contribution in [3.8, 4) is 5.88 Å². The number of nitrogens with zero attached hydrogens (tertiary/aromatic N) is 2. The molecule has 2 heterocycles. The lowest BCUT2D eigenvalue weighted by Gasteiger charge is -2.33. The minimum atomic E-state index is -3.93. The zero-order valence-corrected chi connectivity index (χ0v) is 19.5. The van der Waals surface area contributed by atoms with E-state index >= 15 is 0 Å². The van der Waals surface area contributed by atoms with Crippen molar-refractivity contribution in [3.05, 3.63) is 76.7 Å². The third-order valence-corrected chi connectivity index (χ3v) is 7.27. The molecule has 33 heavy (non-hydrogen) atoms. The number of carbonyl (C=O) groups excluding carboxylic acids is 1. The fourth-order valence-electron chi connectivity index (χ4n) is 3.53. The van der Waals surface area contributed by atoms with E-state index < -0.39 is 27.9 Å². The van der Waals surface area contributed by atoms with Gasteiger partial charge in [0, 0.05) is 0 Å². The largest absolute Gasteiger partial charge is 0.471 e. The summed E-state index contributed by atoms with van der Waals surface area (Å²) in [6, 6.07) is 12.1. The number of hydrogen-bond donors (Lipinski definition) is 1. The van der Waals surface area contributed by atoms with Crippen molar-refractivity contribution >= 4 is 38.9 Å². The molecular weight excluding hydrogens is 469 g/mol. The van der Waals surface area contributed by atoms with Gasteiger partial charge < -0.3 is 10.1 Å². The first-order chi connectivity index (χ1) is 15.7. The van der Waals surface area contributed by atoms with Crippen LogP contribution in [0.3, 0.4) is 0 Å². The van der Waals surface area contributed by atoms with Crippen LogP contribution in [-0.4, -0.2) is 32.0 Å². The molecule has 172 valence electrons. The molecule has 1 N–H and O–H groups in total. The molecule has 0 aliphatic carbocycles. The van der Waals surface area contributed by atoms with Crippen LogP contribution in [0.25, 0.3) is 0 Å². The van der Waals surface area contributed by atoms with E-state index in [1.54, 1.807) is 19.1 Å². The van der Waals surface area contributed by atoms with Gasteiger partial charge in [-0.05, 0) is 49.2 Å². The predicted octanol–water partition coefficient (Wildman–Crippen LogP) is 4.67. The second kappa shape index (κ2) is 8.99. The first kappa shape index (κ1) is 23.0. The van der Waals surface area contributed by atoms with Crippen molar-refractivity contribution in [3.63, 3.8) is 0 Å². The number of aryl methyl sites for hydroxylation is 1. The van der Waals surface area contributed by atoms with Crippen LogP contribution in [-0.2, 0) is 16.4 Å². The number of rotatable bonds is 5. The van der Waals surface area contributed by atoms with E-state index in [0.717, 1.165) is 11.6 Å². The first-order valence-corrected chi connectivity index (χ1v) is 12.1. The second-order valence-electron chi connectivity index (χ2n) is 7.56. The van der Waals surface area contributed by atoms with Gasteiger partial charge >= 0.3 is 0 Å². The SMILES string of the molecule is CCc1cccc(S(=O)(=O)N2CC(C)Oc3ncc(NC(=O)c4c(F)cccc4Cl)cc32)c1. The number of carbonyl (C=O) groups is 1. The molecule has 0 saturated carbocycles. The summed E-state index contributed by atoms with van der Waals surface area (Å²) in [4.78, 5) is 17.0. The topological polar surface area (TPSA) is 88.6 Å².